The summed E-state index contributed by atoms with van der Waals surface area (Å²) in [5, 5.41) is 3.91. The molecule has 1 nitrogen and oxygen atoms in total. The standard InChI is InChI=1S/C15H13Cl2F2N/c1-8-5-15(19)11(7-14(8)18)9(2)20-10-3-4-12(16)13(17)6-10/h3-7,9,20H,1-2H3. The van der Waals surface area contributed by atoms with Crippen molar-refractivity contribution in [1.29, 1.82) is 0 Å². The van der Waals surface area contributed by atoms with E-state index in [4.69, 9.17) is 23.2 Å². The predicted molar refractivity (Wildman–Crippen MR) is 79.6 cm³/mol. The monoisotopic (exact) mass is 315 g/mol. The van der Waals surface area contributed by atoms with Crippen LogP contribution >= 0.6 is 23.2 Å². The first-order valence-electron chi connectivity index (χ1n) is 6.05. The fourth-order valence-electron chi connectivity index (χ4n) is 1.91. The fourth-order valence-corrected chi connectivity index (χ4v) is 2.21. The Bertz CT molecular complexity index is 644. The van der Waals surface area contributed by atoms with Gasteiger partial charge in [0.25, 0.3) is 0 Å². The van der Waals surface area contributed by atoms with Gasteiger partial charge in [0, 0.05) is 11.3 Å². The van der Waals surface area contributed by atoms with Gasteiger partial charge in [-0.25, -0.2) is 8.78 Å². The highest BCUT2D eigenvalue weighted by molar-refractivity contribution is 6.42. The molecule has 1 N–H and O–H groups in total. The second-order valence-corrected chi connectivity index (χ2v) is 5.43. The number of anilines is 1. The Morgan fingerprint density at radius 1 is 1.00 bits per heavy atom. The number of aryl methyl sites for hydroxylation is 1. The van der Waals surface area contributed by atoms with Crippen molar-refractivity contribution in [3.63, 3.8) is 0 Å². The zero-order valence-electron chi connectivity index (χ0n) is 11.0. The number of hydrogen-bond acceptors (Lipinski definition) is 1. The van der Waals surface area contributed by atoms with E-state index in [0.717, 1.165) is 0 Å². The number of benzene rings is 2. The molecule has 0 aliphatic carbocycles. The summed E-state index contributed by atoms with van der Waals surface area (Å²) in [5.41, 5.74) is 1.24. The van der Waals surface area contributed by atoms with Gasteiger partial charge in [0.15, 0.2) is 0 Å². The van der Waals surface area contributed by atoms with E-state index in [-0.39, 0.29) is 11.1 Å². The van der Waals surface area contributed by atoms with Crippen molar-refractivity contribution in [3.8, 4) is 0 Å². The Morgan fingerprint density at radius 2 is 1.70 bits per heavy atom. The van der Waals surface area contributed by atoms with Gasteiger partial charge in [-0.3, -0.25) is 0 Å². The molecular weight excluding hydrogens is 303 g/mol. The first-order chi connectivity index (χ1) is 9.38. The van der Waals surface area contributed by atoms with Crippen molar-refractivity contribution in [2.75, 3.05) is 5.32 Å². The summed E-state index contributed by atoms with van der Waals surface area (Å²) < 4.78 is 27.4. The van der Waals surface area contributed by atoms with E-state index in [1.807, 2.05) is 0 Å². The van der Waals surface area contributed by atoms with Crippen molar-refractivity contribution in [3.05, 3.63) is 63.1 Å². The second-order valence-electron chi connectivity index (χ2n) is 4.62. The van der Waals surface area contributed by atoms with Crippen LogP contribution in [0.15, 0.2) is 30.3 Å². The van der Waals surface area contributed by atoms with E-state index in [1.54, 1.807) is 25.1 Å². The van der Waals surface area contributed by atoms with E-state index in [0.29, 0.717) is 15.7 Å². The quantitative estimate of drug-likeness (QED) is 0.760. The van der Waals surface area contributed by atoms with Crippen LogP contribution in [-0.4, -0.2) is 0 Å². The highest BCUT2D eigenvalue weighted by Gasteiger charge is 2.14. The molecule has 0 bridgehead atoms. The summed E-state index contributed by atoms with van der Waals surface area (Å²) in [4.78, 5) is 0. The Morgan fingerprint density at radius 3 is 2.35 bits per heavy atom. The third kappa shape index (κ3) is 3.22. The van der Waals surface area contributed by atoms with Crippen LogP contribution < -0.4 is 5.32 Å². The summed E-state index contributed by atoms with van der Waals surface area (Å²) in [5.74, 6) is -0.867. The average Bonchev–Trinajstić information content (AvgIpc) is 2.38. The molecule has 2 rings (SSSR count). The lowest BCUT2D eigenvalue weighted by molar-refractivity contribution is 0.571. The maximum absolute atomic E-state index is 13.9. The molecule has 0 aromatic heterocycles. The first kappa shape index (κ1) is 15.1. The second kappa shape index (κ2) is 5.98. The third-order valence-electron chi connectivity index (χ3n) is 3.05. The van der Waals surface area contributed by atoms with Crippen molar-refractivity contribution in [2.24, 2.45) is 0 Å². The van der Waals surface area contributed by atoms with Crippen molar-refractivity contribution in [1.82, 2.24) is 0 Å². The zero-order valence-corrected chi connectivity index (χ0v) is 12.5. The third-order valence-corrected chi connectivity index (χ3v) is 3.79. The minimum absolute atomic E-state index is 0.263. The molecule has 0 aliphatic rings. The smallest absolute Gasteiger partial charge is 0.128 e. The number of rotatable bonds is 3. The van der Waals surface area contributed by atoms with Gasteiger partial charge in [-0.1, -0.05) is 23.2 Å². The number of nitrogens with one attached hydrogen (secondary N) is 1. The maximum atomic E-state index is 13.9. The summed E-state index contributed by atoms with van der Waals surface area (Å²) in [7, 11) is 0. The van der Waals surface area contributed by atoms with Crippen LogP contribution in [-0.2, 0) is 0 Å². The zero-order chi connectivity index (χ0) is 14.9. The van der Waals surface area contributed by atoms with Crippen molar-refractivity contribution in [2.45, 2.75) is 19.9 Å². The van der Waals surface area contributed by atoms with E-state index >= 15 is 0 Å². The van der Waals surface area contributed by atoms with Gasteiger partial charge in [0.2, 0.25) is 0 Å². The highest BCUT2D eigenvalue weighted by atomic mass is 35.5. The molecule has 0 aliphatic heterocycles. The normalized spacial score (nSPS) is 12.3. The highest BCUT2D eigenvalue weighted by Crippen LogP contribution is 2.28. The lowest BCUT2D eigenvalue weighted by Crippen LogP contribution is -2.09. The molecule has 1 atom stereocenters. The molecule has 0 spiro atoms. The Balaban J connectivity index is 2.25. The van der Waals surface area contributed by atoms with Crippen LogP contribution in [0.5, 0.6) is 0 Å². The first-order valence-corrected chi connectivity index (χ1v) is 6.81. The van der Waals surface area contributed by atoms with Crippen LogP contribution in [0.25, 0.3) is 0 Å². The molecule has 0 fully saturated rings. The molecule has 1 unspecified atom stereocenters. The molecule has 0 amide bonds. The van der Waals surface area contributed by atoms with Gasteiger partial charge in [-0.2, -0.15) is 0 Å². The van der Waals surface area contributed by atoms with Crippen LogP contribution in [0.2, 0.25) is 10.0 Å². The van der Waals surface area contributed by atoms with Crippen LogP contribution in [0.4, 0.5) is 14.5 Å². The van der Waals surface area contributed by atoms with Crippen LogP contribution in [0.1, 0.15) is 24.1 Å². The van der Waals surface area contributed by atoms with E-state index in [9.17, 15) is 8.78 Å². The Kier molecular flexibility index (Phi) is 4.51. The molecule has 0 radical (unpaired) electrons. The van der Waals surface area contributed by atoms with Crippen molar-refractivity contribution < 1.29 is 8.78 Å². The summed E-state index contributed by atoms with van der Waals surface area (Å²) >= 11 is 11.7. The van der Waals surface area contributed by atoms with E-state index < -0.39 is 17.7 Å². The molecule has 2 aromatic carbocycles. The van der Waals surface area contributed by atoms with Crippen LogP contribution in [0.3, 0.4) is 0 Å². The minimum atomic E-state index is -0.441. The lowest BCUT2D eigenvalue weighted by atomic mass is 10.0. The van der Waals surface area contributed by atoms with Gasteiger partial charge in [-0.05, 0) is 49.7 Å². The van der Waals surface area contributed by atoms with E-state index in [2.05, 4.69) is 5.32 Å². The molecule has 5 heteroatoms. The van der Waals surface area contributed by atoms with Gasteiger partial charge < -0.3 is 5.32 Å². The Labute approximate surface area is 126 Å². The average molecular weight is 316 g/mol. The largest absolute Gasteiger partial charge is 0.378 e. The summed E-state index contributed by atoms with van der Waals surface area (Å²) in [6, 6.07) is 7.01. The summed E-state index contributed by atoms with van der Waals surface area (Å²) in [6.45, 7) is 3.27. The SMILES string of the molecule is Cc1cc(F)c(C(C)Nc2ccc(Cl)c(Cl)c2)cc1F. The maximum Gasteiger partial charge on any atom is 0.128 e. The molecule has 106 valence electrons. The van der Waals surface area contributed by atoms with Gasteiger partial charge in [0.05, 0.1) is 16.1 Å². The minimum Gasteiger partial charge on any atom is -0.378 e. The lowest BCUT2D eigenvalue weighted by Gasteiger charge is -2.17. The Hall–Kier alpha value is -1.32. The van der Waals surface area contributed by atoms with E-state index in [1.165, 1.54) is 19.1 Å². The molecule has 0 saturated carbocycles. The molecular formula is C15H13Cl2F2N. The topological polar surface area (TPSA) is 12.0 Å². The molecule has 20 heavy (non-hydrogen) atoms. The van der Waals surface area contributed by atoms with Crippen molar-refractivity contribution >= 4 is 28.9 Å². The fraction of sp³-hybridized carbons (Fsp3) is 0.200. The van der Waals surface area contributed by atoms with Crippen LogP contribution in [0, 0.1) is 18.6 Å². The van der Waals surface area contributed by atoms with Gasteiger partial charge >= 0.3 is 0 Å². The number of halogens is 4. The molecule has 0 heterocycles. The predicted octanol–water partition coefficient (Wildman–Crippen LogP) is 5.75. The molecule has 2 aromatic rings. The van der Waals surface area contributed by atoms with Gasteiger partial charge in [-0.15, -0.1) is 0 Å². The van der Waals surface area contributed by atoms with Gasteiger partial charge in [0.1, 0.15) is 11.6 Å². The number of hydrogen-bond donors (Lipinski definition) is 1. The molecule has 0 saturated heterocycles. The summed E-state index contributed by atoms with van der Waals surface area (Å²) in [6.07, 6.45) is 0.